The topological polar surface area (TPSA) is 55.1 Å². The Balaban J connectivity index is 1.58. The lowest BCUT2D eigenvalue weighted by atomic mass is 10.2. The van der Waals surface area contributed by atoms with Crippen LogP contribution in [0, 0.1) is 11.6 Å². The molecule has 1 amide bonds. The van der Waals surface area contributed by atoms with Crippen molar-refractivity contribution in [3.8, 4) is 11.3 Å². The molecule has 0 saturated heterocycles. The first kappa shape index (κ1) is 17.1. The van der Waals surface area contributed by atoms with Crippen molar-refractivity contribution < 1.29 is 18.0 Å². The van der Waals surface area contributed by atoms with Gasteiger partial charge in [-0.05, 0) is 36.4 Å². The maximum Gasteiger partial charge on any atom is 0.224 e. The molecular weight excluding hydrogens is 350 g/mol. The standard InChI is InChI=1S/C18H13ClF2N2O2/c19-12-3-1-11(2-4-12)16-10-22-18(25-16)8-7-17(24)23-15-6-5-13(20)9-14(15)21/h1-6,9-10H,7-8H2,(H,23,24). The second-order valence-electron chi connectivity index (χ2n) is 5.30. The fraction of sp³-hybridized carbons (Fsp3) is 0.111. The smallest absolute Gasteiger partial charge is 0.224 e. The van der Waals surface area contributed by atoms with E-state index < -0.39 is 17.5 Å². The Labute approximate surface area is 147 Å². The maximum atomic E-state index is 13.5. The molecule has 2 aromatic carbocycles. The number of aromatic nitrogens is 1. The molecule has 0 radical (unpaired) electrons. The van der Waals surface area contributed by atoms with Gasteiger partial charge in [0.25, 0.3) is 0 Å². The van der Waals surface area contributed by atoms with Gasteiger partial charge in [-0.25, -0.2) is 13.8 Å². The Morgan fingerprint density at radius 2 is 1.92 bits per heavy atom. The second kappa shape index (κ2) is 7.44. The Morgan fingerprint density at radius 1 is 1.16 bits per heavy atom. The minimum absolute atomic E-state index is 0.0530. The first-order valence-corrected chi connectivity index (χ1v) is 7.84. The summed E-state index contributed by atoms with van der Waals surface area (Å²) in [4.78, 5) is 16.0. The van der Waals surface area contributed by atoms with Crippen LogP contribution in [0.1, 0.15) is 12.3 Å². The zero-order valence-electron chi connectivity index (χ0n) is 12.9. The number of benzene rings is 2. The lowest BCUT2D eigenvalue weighted by Crippen LogP contribution is -2.13. The number of nitrogens with one attached hydrogen (secondary N) is 1. The summed E-state index contributed by atoms with van der Waals surface area (Å²) < 4.78 is 31.9. The molecule has 0 saturated carbocycles. The summed E-state index contributed by atoms with van der Waals surface area (Å²) in [6.45, 7) is 0. The van der Waals surface area contributed by atoms with Gasteiger partial charge in [0.2, 0.25) is 5.91 Å². The molecule has 0 aliphatic rings. The second-order valence-corrected chi connectivity index (χ2v) is 5.73. The van der Waals surface area contributed by atoms with Crippen LogP contribution in [0.5, 0.6) is 0 Å². The van der Waals surface area contributed by atoms with Crippen molar-refractivity contribution in [2.75, 3.05) is 5.32 Å². The predicted octanol–water partition coefficient (Wildman–Crippen LogP) is 4.84. The summed E-state index contributed by atoms with van der Waals surface area (Å²) in [5, 5.41) is 3.01. The number of rotatable bonds is 5. The Bertz CT molecular complexity index is 894. The molecule has 0 spiro atoms. The lowest BCUT2D eigenvalue weighted by Gasteiger charge is -2.05. The van der Waals surface area contributed by atoms with Gasteiger partial charge in [0.15, 0.2) is 11.7 Å². The van der Waals surface area contributed by atoms with E-state index in [0.717, 1.165) is 11.6 Å². The molecule has 4 nitrogen and oxygen atoms in total. The highest BCUT2D eigenvalue weighted by Crippen LogP contribution is 2.23. The molecule has 0 atom stereocenters. The van der Waals surface area contributed by atoms with Crippen molar-refractivity contribution in [1.82, 2.24) is 4.98 Å². The van der Waals surface area contributed by atoms with Crippen molar-refractivity contribution in [2.45, 2.75) is 12.8 Å². The molecule has 0 aliphatic heterocycles. The number of carbonyl (C=O) groups excluding carboxylic acids is 1. The average Bonchev–Trinajstić information content (AvgIpc) is 3.05. The van der Waals surface area contributed by atoms with E-state index in [1.54, 1.807) is 30.5 Å². The van der Waals surface area contributed by atoms with Crippen molar-refractivity contribution in [2.24, 2.45) is 0 Å². The normalized spacial score (nSPS) is 10.7. The fourth-order valence-corrected chi connectivity index (χ4v) is 2.32. The number of hydrogen-bond acceptors (Lipinski definition) is 3. The zero-order valence-corrected chi connectivity index (χ0v) is 13.7. The molecule has 7 heteroatoms. The van der Waals surface area contributed by atoms with E-state index in [9.17, 15) is 13.6 Å². The quantitative estimate of drug-likeness (QED) is 0.706. The first-order chi connectivity index (χ1) is 12.0. The van der Waals surface area contributed by atoms with Crippen LogP contribution in [0.2, 0.25) is 5.02 Å². The number of oxazole rings is 1. The summed E-state index contributed by atoms with van der Waals surface area (Å²) in [5.41, 5.74) is 0.752. The molecule has 25 heavy (non-hydrogen) atoms. The zero-order chi connectivity index (χ0) is 17.8. The predicted molar refractivity (Wildman–Crippen MR) is 90.3 cm³/mol. The van der Waals surface area contributed by atoms with Gasteiger partial charge in [0, 0.05) is 29.5 Å². The van der Waals surface area contributed by atoms with Gasteiger partial charge in [-0.3, -0.25) is 4.79 Å². The van der Waals surface area contributed by atoms with E-state index in [1.807, 2.05) is 0 Å². The van der Waals surface area contributed by atoms with Crippen LogP contribution < -0.4 is 5.32 Å². The highest BCUT2D eigenvalue weighted by Gasteiger charge is 2.11. The Hall–Kier alpha value is -2.73. The summed E-state index contributed by atoms with van der Waals surface area (Å²) >= 11 is 5.84. The highest BCUT2D eigenvalue weighted by molar-refractivity contribution is 6.30. The van der Waals surface area contributed by atoms with Gasteiger partial charge >= 0.3 is 0 Å². The molecule has 1 aromatic heterocycles. The molecule has 0 aliphatic carbocycles. The van der Waals surface area contributed by atoms with Gasteiger partial charge in [-0.2, -0.15) is 0 Å². The minimum Gasteiger partial charge on any atom is -0.441 e. The van der Waals surface area contributed by atoms with Crippen molar-refractivity contribution in [3.05, 3.63) is 71.2 Å². The Morgan fingerprint density at radius 3 is 2.64 bits per heavy atom. The van der Waals surface area contributed by atoms with Crippen LogP contribution in [0.3, 0.4) is 0 Å². The first-order valence-electron chi connectivity index (χ1n) is 7.47. The molecule has 0 unspecified atom stereocenters. The molecule has 3 aromatic rings. The molecule has 0 bridgehead atoms. The number of amides is 1. The molecule has 1 heterocycles. The Kier molecular flexibility index (Phi) is 5.09. The lowest BCUT2D eigenvalue weighted by molar-refractivity contribution is -0.116. The van der Waals surface area contributed by atoms with Gasteiger partial charge < -0.3 is 9.73 Å². The van der Waals surface area contributed by atoms with E-state index in [2.05, 4.69) is 10.3 Å². The fourth-order valence-electron chi connectivity index (χ4n) is 2.20. The van der Waals surface area contributed by atoms with Gasteiger partial charge in [-0.15, -0.1) is 0 Å². The number of hydrogen-bond donors (Lipinski definition) is 1. The number of halogens is 3. The van der Waals surface area contributed by atoms with E-state index in [1.165, 1.54) is 6.07 Å². The number of nitrogens with zero attached hydrogens (tertiary/aromatic N) is 1. The van der Waals surface area contributed by atoms with Gasteiger partial charge in [0.05, 0.1) is 11.9 Å². The summed E-state index contributed by atoms with van der Waals surface area (Å²) in [6, 6.07) is 10.0. The summed E-state index contributed by atoms with van der Waals surface area (Å²) in [7, 11) is 0. The number of anilines is 1. The molecule has 0 fully saturated rings. The summed E-state index contributed by atoms with van der Waals surface area (Å²) in [6.07, 6.45) is 1.87. The maximum absolute atomic E-state index is 13.5. The van der Waals surface area contributed by atoms with Crippen molar-refractivity contribution in [3.63, 3.8) is 0 Å². The highest BCUT2D eigenvalue weighted by atomic mass is 35.5. The van der Waals surface area contributed by atoms with Crippen molar-refractivity contribution in [1.29, 1.82) is 0 Å². The molecule has 128 valence electrons. The average molecular weight is 363 g/mol. The van der Waals surface area contributed by atoms with E-state index in [0.29, 0.717) is 22.7 Å². The number of carbonyl (C=O) groups is 1. The SMILES string of the molecule is O=C(CCc1ncc(-c2ccc(Cl)cc2)o1)Nc1ccc(F)cc1F. The van der Waals surface area contributed by atoms with Crippen LogP contribution in [0.4, 0.5) is 14.5 Å². The third-order valence-electron chi connectivity index (χ3n) is 3.45. The van der Waals surface area contributed by atoms with Gasteiger partial charge in [0.1, 0.15) is 11.6 Å². The largest absolute Gasteiger partial charge is 0.441 e. The third kappa shape index (κ3) is 4.42. The monoisotopic (exact) mass is 362 g/mol. The van der Waals surface area contributed by atoms with Crippen LogP contribution in [0.25, 0.3) is 11.3 Å². The molecule has 3 rings (SSSR count). The summed E-state index contributed by atoms with van der Waals surface area (Å²) in [5.74, 6) is -0.993. The van der Waals surface area contributed by atoms with E-state index in [-0.39, 0.29) is 18.5 Å². The van der Waals surface area contributed by atoms with Crippen LogP contribution in [0.15, 0.2) is 53.1 Å². The minimum atomic E-state index is -0.825. The van der Waals surface area contributed by atoms with Crippen LogP contribution >= 0.6 is 11.6 Å². The van der Waals surface area contributed by atoms with E-state index in [4.69, 9.17) is 16.0 Å². The molecule has 1 N–H and O–H groups in total. The van der Waals surface area contributed by atoms with Crippen molar-refractivity contribution >= 4 is 23.2 Å². The van der Waals surface area contributed by atoms with Crippen LogP contribution in [-0.4, -0.2) is 10.9 Å². The van der Waals surface area contributed by atoms with E-state index >= 15 is 0 Å². The molecular formula is C18H13ClF2N2O2. The van der Waals surface area contributed by atoms with Gasteiger partial charge in [-0.1, -0.05) is 11.6 Å². The number of aryl methyl sites for hydroxylation is 1. The third-order valence-corrected chi connectivity index (χ3v) is 3.71. The van der Waals surface area contributed by atoms with Crippen LogP contribution in [-0.2, 0) is 11.2 Å².